The van der Waals surface area contributed by atoms with Gasteiger partial charge in [-0.1, -0.05) is 105 Å². The Labute approximate surface area is 197 Å². The Bertz CT molecular complexity index is 604. The minimum absolute atomic E-state index is 0.312. The third kappa shape index (κ3) is 18.4. The first-order valence-corrected chi connectivity index (χ1v) is 12.4. The molecule has 0 aliphatic carbocycles. The molecule has 0 saturated heterocycles. The van der Waals surface area contributed by atoms with Gasteiger partial charge < -0.3 is 10.2 Å². The summed E-state index contributed by atoms with van der Waals surface area (Å²) in [6.45, 7) is 0. The van der Waals surface area contributed by atoms with Gasteiger partial charge in [0.2, 0.25) is 0 Å². The monoisotopic (exact) mass is 542 g/mol. The molecule has 0 aliphatic heterocycles. The first kappa shape index (κ1) is 28.3. The maximum atomic E-state index is 9.95. The van der Waals surface area contributed by atoms with Gasteiger partial charge in [-0.2, -0.15) is 0 Å². The summed E-state index contributed by atoms with van der Waals surface area (Å²) in [6, 6.07) is 20.8. The first-order chi connectivity index (χ1) is 14.5. The Kier molecular flexibility index (Phi) is 19.5. The van der Waals surface area contributed by atoms with E-state index in [2.05, 4.69) is 80.4 Å². The van der Waals surface area contributed by atoms with E-state index >= 15 is 0 Å². The number of hydrogen-bond acceptors (Lipinski definition) is 2. The van der Waals surface area contributed by atoms with Gasteiger partial charge in [0.25, 0.3) is 0 Å². The molecule has 0 saturated carbocycles. The van der Waals surface area contributed by atoms with Crippen molar-refractivity contribution in [3.63, 3.8) is 0 Å². The normalized spacial score (nSPS) is 9.53. The molecule has 0 spiro atoms. The summed E-state index contributed by atoms with van der Waals surface area (Å²) in [5, 5.41) is 18.4. The molecule has 2 rings (SSSR count). The topological polar surface area (TPSA) is 74.6 Å². The summed E-state index contributed by atoms with van der Waals surface area (Å²) in [7, 11) is 0. The van der Waals surface area contributed by atoms with Gasteiger partial charge in [-0.05, 0) is 36.8 Å². The largest absolute Gasteiger partial charge is 0.481 e. The summed E-state index contributed by atoms with van der Waals surface area (Å²) in [5.74, 6) is -1.38. The van der Waals surface area contributed by atoms with Crippen molar-refractivity contribution >= 4 is 43.8 Å². The Morgan fingerprint density at radius 2 is 0.900 bits per heavy atom. The van der Waals surface area contributed by atoms with Gasteiger partial charge in [-0.15, -0.1) is 0 Å². The SMILES string of the molecule is O=C(O)CCCCCBr.O=C(O)CCCCCBr.c1ccc(-c2ccccc2)cc1. The van der Waals surface area contributed by atoms with Crippen LogP contribution in [0.4, 0.5) is 0 Å². The van der Waals surface area contributed by atoms with Crippen LogP contribution in [0.25, 0.3) is 11.1 Å². The molecule has 0 aromatic heterocycles. The highest BCUT2D eigenvalue weighted by atomic mass is 79.9. The smallest absolute Gasteiger partial charge is 0.303 e. The van der Waals surface area contributed by atoms with Crippen LogP contribution in [-0.4, -0.2) is 32.8 Å². The lowest BCUT2D eigenvalue weighted by atomic mass is 10.1. The van der Waals surface area contributed by atoms with Crippen molar-refractivity contribution in [3.8, 4) is 11.1 Å². The average Bonchev–Trinajstić information content (AvgIpc) is 2.76. The van der Waals surface area contributed by atoms with E-state index in [1.807, 2.05) is 12.1 Å². The molecule has 0 radical (unpaired) electrons. The zero-order valence-corrected chi connectivity index (χ0v) is 20.5. The lowest BCUT2D eigenvalue weighted by Crippen LogP contribution is -1.93. The lowest BCUT2D eigenvalue weighted by molar-refractivity contribution is -0.138. The minimum atomic E-state index is -0.690. The molecule has 4 nitrogen and oxygen atoms in total. The Morgan fingerprint density at radius 3 is 1.17 bits per heavy atom. The van der Waals surface area contributed by atoms with Gasteiger partial charge >= 0.3 is 11.9 Å². The number of alkyl halides is 2. The van der Waals surface area contributed by atoms with E-state index in [0.29, 0.717) is 12.8 Å². The van der Waals surface area contributed by atoms with E-state index in [1.54, 1.807) is 0 Å². The van der Waals surface area contributed by atoms with Crippen LogP contribution in [0.2, 0.25) is 0 Å². The lowest BCUT2D eigenvalue weighted by Gasteiger charge is -1.98. The second kappa shape index (κ2) is 20.6. The predicted octanol–water partition coefficient (Wildman–Crippen LogP) is 7.41. The van der Waals surface area contributed by atoms with E-state index in [4.69, 9.17) is 10.2 Å². The summed E-state index contributed by atoms with van der Waals surface area (Å²) in [5.41, 5.74) is 2.55. The number of benzene rings is 2. The van der Waals surface area contributed by atoms with Gasteiger partial charge in [0, 0.05) is 23.5 Å². The molecule has 0 heterocycles. The third-order valence-electron chi connectivity index (χ3n) is 3.93. The van der Waals surface area contributed by atoms with Crippen LogP contribution in [-0.2, 0) is 9.59 Å². The fourth-order valence-corrected chi connectivity index (χ4v) is 3.15. The number of hydrogen-bond donors (Lipinski definition) is 2. The molecule has 0 unspecified atom stereocenters. The van der Waals surface area contributed by atoms with Crippen molar-refractivity contribution in [2.45, 2.75) is 51.4 Å². The predicted molar refractivity (Wildman–Crippen MR) is 132 cm³/mol. The number of rotatable bonds is 11. The second-order valence-corrected chi connectivity index (χ2v) is 8.10. The zero-order chi connectivity index (χ0) is 22.5. The number of aliphatic carboxylic acids is 2. The van der Waals surface area contributed by atoms with E-state index in [9.17, 15) is 9.59 Å². The van der Waals surface area contributed by atoms with Gasteiger partial charge in [0.15, 0.2) is 0 Å². The van der Waals surface area contributed by atoms with Crippen molar-refractivity contribution in [3.05, 3.63) is 60.7 Å². The summed E-state index contributed by atoms with van der Waals surface area (Å²) in [4.78, 5) is 19.9. The molecule has 0 amide bonds. The molecule has 2 N–H and O–H groups in total. The van der Waals surface area contributed by atoms with Crippen LogP contribution in [0.3, 0.4) is 0 Å². The van der Waals surface area contributed by atoms with Gasteiger partial charge in [-0.25, -0.2) is 0 Å². The van der Waals surface area contributed by atoms with Crippen LogP contribution in [0.15, 0.2) is 60.7 Å². The fraction of sp³-hybridized carbons (Fsp3) is 0.417. The van der Waals surface area contributed by atoms with Crippen molar-refractivity contribution in [2.24, 2.45) is 0 Å². The first-order valence-electron chi connectivity index (χ1n) is 10.2. The Balaban J connectivity index is 0.000000430. The number of halogens is 2. The number of carboxylic acid groups (broad SMARTS) is 2. The van der Waals surface area contributed by atoms with Crippen LogP contribution >= 0.6 is 31.9 Å². The van der Waals surface area contributed by atoms with E-state index in [-0.39, 0.29) is 0 Å². The number of unbranched alkanes of at least 4 members (excludes halogenated alkanes) is 4. The maximum absolute atomic E-state index is 9.95. The summed E-state index contributed by atoms with van der Waals surface area (Å²) >= 11 is 6.54. The minimum Gasteiger partial charge on any atom is -0.481 e. The molecule has 6 heteroatoms. The van der Waals surface area contributed by atoms with Crippen LogP contribution < -0.4 is 0 Å². The molecule has 0 bridgehead atoms. The van der Waals surface area contributed by atoms with E-state index in [1.165, 1.54) is 11.1 Å². The van der Waals surface area contributed by atoms with Crippen molar-refractivity contribution in [2.75, 3.05) is 10.7 Å². The molecular formula is C24H32Br2O4. The van der Waals surface area contributed by atoms with E-state index in [0.717, 1.165) is 49.2 Å². The van der Waals surface area contributed by atoms with Gasteiger partial charge in [-0.3, -0.25) is 9.59 Å². The molecule has 166 valence electrons. The Hall–Kier alpha value is -1.66. The maximum Gasteiger partial charge on any atom is 0.303 e. The highest BCUT2D eigenvalue weighted by Gasteiger charge is 1.95. The zero-order valence-electron chi connectivity index (χ0n) is 17.3. The van der Waals surface area contributed by atoms with Gasteiger partial charge in [0.1, 0.15) is 0 Å². The molecular weight excluding hydrogens is 512 g/mol. The van der Waals surface area contributed by atoms with Crippen molar-refractivity contribution in [1.82, 2.24) is 0 Å². The number of carboxylic acids is 2. The molecule has 0 fully saturated rings. The van der Waals surface area contributed by atoms with E-state index < -0.39 is 11.9 Å². The van der Waals surface area contributed by atoms with Crippen LogP contribution in [0.5, 0.6) is 0 Å². The molecule has 0 atom stereocenters. The molecule has 0 aliphatic rings. The van der Waals surface area contributed by atoms with Crippen LogP contribution in [0.1, 0.15) is 51.4 Å². The molecule has 30 heavy (non-hydrogen) atoms. The highest BCUT2D eigenvalue weighted by molar-refractivity contribution is 9.09. The van der Waals surface area contributed by atoms with Crippen molar-refractivity contribution < 1.29 is 19.8 Å². The van der Waals surface area contributed by atoms with Gasteiger partial charge in [0.05, 0.1) is 0 Å². The third-order valence-corrected chi connectivity index (χ3v) is 5.05. The number of carbonyl (C=O) groups is 2. The average molecular weight is 544 g/mol. The summed E-state index contributed by atoms with van der Waals surface area (Å²) < 4.78 is 0. The molecule has 2 aromatic rings. The summed E-state index contributed by atoms with van der Waals surface area (Å²) in [6.07, 6.45) is 6.41. The van der Waals surface area contributed by atoms with Crippen LogP contribution in [0, 0.1) is 0 Å². The molecule has 2 aromatic carbocycles. The standard InChI is InChI=1S/C12H10.2C6H11BrO2/c1-3-7-11(8-4-1)12-9-5-2-6-10-12;2*7-5-3-1-2-4-6(8)9/h1-10H;2*1-5H2,(H,8,9). The van der Waals surface area contributed by atoms with Crippen molar-refractivity contribution in [1.29, 1.82) is 0 Å². The Morgan fingerprint density at radius 1 is 0.567 bits per heavy atom. The fourth-order valence-electron chi connectivity index (χ4n) is 2.36. The second-order valence-electron chi connectivity index (χ2n) is 6.52. The highest BCUT2D eigenvalue weighted by Crippen LogP contribution is 2.17. The quantitative estimate of drug-likeness (QED) is 0.228.